The van der Waals surface area contributed by atoms with Gasteiger partial charge < -0.3 is 10.1 Å². The summed E-state index contributed by atoms with van der Waals surface area (Å²) in [6.07, 6.45) is 0. The lowest BCUT2D eigenvalue weighted by molar-refractivity contribution is -0.383. The lowest BCUT2D eigenvalue weighted by Crippen LogP contribution is -2.30. The number of rotatable bonds is 8. The first-order chi connectivity index (χ1) is 13.6. The zero-order valence-corrected chi connectivity index (χ0v) is 17.6. The maximum atomic E-state index is 12.8. The van der Waals surface area contributed by atoms with Gasteiger partial charge in [0, 0.05) is 24.2 Å². The number of sulfonamides is 1. The molecule has 0 radical (unpaired) electrons. The topological polar surface area (TPSA) is 119 Å². The molecule has 0 aromatic heterocycles. The normalized spacial score (nSPS) is 11.3. The van der Waals surface area contributed by atoms with Gasteiger partial charge in [-0.3, -0.25) is 14.9 Å². The van der Waals surface area contributed by atoms with Gasteiger partial charge in [-0.05, 0) is 30.3 Å². The van der Waals surface area contributed by atoms with Crippen molar-refractivity contribution in [3.8, 4) is 5.75 Å². The minimum Gasteiger partial charge on any atom is -0.496 e. The molecule has 0 aliphatic carbocycles. The summed E-state index contributed by atoms with van der Waals surface area (Å²) in [7, 11) is -2.48. The van der Waals surface area contributed by atoms with Crippen LogP contribution in [-0.4, -0.2) is 43.8 Å². The first kappa shape index (κ1) is 22.6. The molecule has 29 heavy (non-hydrogen) atoms. The summed E-state index contributed by atoms with van der Waals surface area (Å²) in [6.45, 7) is 3.95. The van der Waals surface area contributed by atoms with Gasteiger partial charge in [-0.2, -0.15) is 4.31 Å². The Kier molecular flexibility index (Phi) is 7.17. The molecular formula is C18H20ClN3O6S. The van der Waals surface area contributed by atoms with Crippen molar-refractivity contribution < 1.29 is 22.9 Å². The number of nitrogens with one attached hydrogen (secondary N) is 1. The molecule has 0 unspecified atom stereocenters. The zero-order chi connectivity index (χ0) is 21.8. The fourth-order valence-electron chi connectivity index (χ4n) is 2.69. The molecule has 0 spiro atoms. The number of benzene rings is 2. The molecule has 0 fully saturated rings. The molecule has 1 amide bonds. The van der Waals surface area contributed by atoms with E-state index in [-0.39, 0.29) is 40.0 Å². The van der Waals surface area contributed by atoms with E-state index in [1.165, 1.54) is 41.7 Å². The summed E-state index contributed by atoms with van der Waals surface area (Å²) in [5, 5.41) is 13.8. The molecule has 9 nitrogen and oxygen atoms in total. The number of carbonyl (C=O) groups is 1. The van der Waals surface area contributed by atoms with Crippen LogP contribution in [0.5, 0.6) is 5.75 Å². The predicted molar refractivity (Wildman–Crippen MR) is 109 cm³/mol. The second kappa shape index (κ2) is 9.21. The van der Waals surface area contributed by atoms with Crippen molar-refractivity contribution in [3.05, 3.63) is 57.1 Å². The van der Waals surface area contributed by atoms with Crippen molar-refractivity contribution >= 4 is 38.9 Å². The highest BCUT2D eigenvalue weighted by molar-refractivity contribution is 7.89. The third kappa shape index (κ3) is 4.84. The number of hydrogen-bond acceptors (Lipinski definition) is 6. The van der Waals surface area contributed by atoms with Crippen LogP contribution in [0.1, 0.15) is 24.2 Å². The van der Waals surface area contributed by atoms with Crippen molar-refractivity contribution in [1.29, 1.82) is 0 Å². The number of ether oxygens (including phenoxy) is 1. The van der Waals surface area contributed by atoms with Crippen LogP contribution < -0.4 is 10.1 Å². The van der Waals surface area contributed by atoms with E-state index < -0.39 is 26.5 Å². The molecule has 2 rings (SSSR count). The standard InChI is InChI=1S/C18H20ClN3O6S/c1-4-21(5-2)29(26,27)13-7-9-17(28-3)14(11-13)18(23)20-15-8-6-12(19)10-16(15)22(24)25/h6-11H,4-5H2,1-3H3,(H,20,23). The maximum absolute atomic E-state index is 12.8. The van der Waals surface area contributed by atoms with Gasteiger partial charge in [0.05, 0.1) is 22.5 Å². The van der Waals surface area contributed by atoms with E-state index in [1.807, 2.05) is 0 Å². The van der Waals surface area contributed by atoms with Gasteiger partial charge in [-0.1, -0.05) is 25.4 Å². The number of halogens is 1. The van der Waals surface area contributed by atoms with Crippen LogP contribution in [-0.2, 0) is 10.0 Å². The van der Waals surface area contributed by atoms with E-state index in [4.69, 9.17) is 16.3 Å². The van der Waals surface area contributed by atoms with E-state index in [9.17, 15) is 23.3 Å². The SMILES string of the molecule is CCN(CC)S(=O)(=O)c1ccc(OC)c(C(=O)Nc2ccc(Cl)cc2[N+](=O)[O-])c1. The Bertz CT molecular complexity index is 1040. The Morgan fingerprint density at radius 1 is 1.21 bits per heavy atom. The highest BCUT2D eigenvalue weighted by atomic mass is 35.5. The van der Waals surface area contributed by atoms with Gasteiger partial charge >= 0.3 is 0 Å². The first-order valence-corrected chi connectivity index (χ1v) is 10.4. The van der Waals surface area contributed by atoms with Gasteiger partial charge in [-0.25, -0.2) is 8.42 Å². The first-order valence-electron chi connectivity index (χ1n) is 8.59. The molecule has 0 saturated heterocycles. The quantitative estimate of drug-likeness (QED) is 0.494. The van der Waals surface area contributed by atoms with Crippen LogP contribution in [0.3, 0.4) is 0 Å². The lowest BCUT2D eigenvalue weighted by Gasteiger charge is -2.19. The molecule has 0 aliphatic heterocycles. The van der Waals surface area contributed by atoms with Gasteiger partial charge in [0.15, 0.2) is 0 Å². The predicted octanol–water partition coefficient (Wildman–Crippen LogP) is 3.54. The molecule has 0 heterocycles. The second-order valence-electron chi connectivity index (χ2n) is 5.82. The van der Waals surface area contributed by atoms with Crippen LogP contribution in [0, 0.1) is 10.1 Å². The maximum Gasteiger partial charge on any atom is 0.294 e. The Morgan fingerprint density at radius 2 is 1.86 bits per heavy atom. The summed E-state index contributed by atoms with van der Waals surface area (Å²) in [5.74, 6) is -0.638. The summed E-state index contributed by atoms with van der Waals surface area (Å²) < 4.78 is 31.9. The van der Waals surface area contributed by atoms with E-state index in [0.717, 1.165) is 6.07 Å². The smallest absolute Gasteiger partial charge is 0.294 e. The molecule has 1 N–H and O–H groups in total. The van der Waals surface area contributed by atoms with Crippen LogP contribution >= 0.6 is 11.6 Å². The van der Waals surface area contributed by atoms with Crippen molar-refractivity contribution in [1.82, 2.24) is 4.31 Å². The number of nitro groups is 1. The number of amides is 1. The Labute approximate surface area is 173 Å². The minimum atomic E-state index is -3.81. The molecule has 0 aliphatic rings. The van der Waals surface area contributed by atoms with Crippen molar-refractivity contribution in [2.75, 3.05) is 25.5 Å². The fraction of sp³-hybridized carbons (Fsp3) is 0.278. The van der Waals surface area contributed by atoms with Crippen LogP contribution in [0.4, 0.5) is 11.4 Å². The van der Waals surface area contributed by atoms with E-state index in [2.05, 4.69) is 5.32 Å². The Morgan fingerprint density at radius 3 is 2.41 bits per heavy atom. The van der Waals surface area contributed by atoms with Crippen molar-refractivity contribution in [2.45, 2.75) is 18.7 Å². The number of nitrogens with zero attached hydrogens (tertiary/aromatic N) is 2. The molecule has 2 aromatic carbocycles. The molecule has 156 valence electrons. The fourth-order valence-corrected chi connectivity index (χ4v) is 4.34. The van der Waals surface area contributed by atoms with E-state index >= 15 is 0 Å². The van der Waals surface area contributed by atoms with E-state index in [1.54, 1.807) is 13.8 Å². The summed E-state index contributed by atoms with van der Waals surface area (Å²) in [6, 6.07) is 7.68. The molecule has 0 saturated carbocycles. The van der Waals surface area contributed by atoms with E-state index in [0.29, 0.717) is 0 Å². The lowest BCUT2D eigenvalue weighted by atomic mass is 10.1. The minimum absolute atomic E-state index is 0.0787. The van der Waals surface area contributed by atoms with Gasteiger partial charge in [0.2, 0.25) is 10.0 Å². The molecular weight excluding hydrogens is 422 g/mol. The molecule has 11 heteroatoms. The zero-order valence-electron chi connectivity index (χ0n) is 16.0. The van der Waals surface area contributed by atoms with Gasteiger partial charge in [-0.15, -0.1) is 0 Å². The van der Waals surface area contributed by atoms with Gasteiger partial charge in [0.25, 0.3) is 11.6 Å². The third-order valence-corrected chi connectivity index (χ3v) is 6.44. The molecule has 2 aromatic rings. The number of methoxy groups -OCH3 is 1. The average molecular weight is 442 g/mol. The Hall–Kier alpha value is -2.69. The summed E-state index contributed by atoms with van der Waals surface area (Å²) in [5.41, 5.74) is -0.551. The van der Waals surface area contributed by atoms with Crippen LogP contribution in [0.15, 0.2) is 41.3 Å². The van der Waals surface area contributed by atoms with Gasteiger partial charge in [0.1, 0.15) is 11.4 Å². The van der Waals surface area contributed by atoms with Crippen molar-refractivity contribution in [3.63, 3.8) is 0 Å². The highest BCUT2D eigenvalue weighted by Gasteiger charge is 2.25. The molecule has 0 atom stereocenters. The van der Waals surface area contributed by atoms with Crippen molar-refractivity contribution in [2.24, 2.45) is 0 Å². The highest BCUT2D eigenvalue weighted by Crippen LogP contribution is 2.30. The third-order valence-electron chi connectivity index (χ3n) is 4.16. The van der Waals surface area contributed by atoms with Crippen LogP contribution in [0.25, 0.3) is 0 Å². The number of hydrogen-bond donors (Lipinski definition) is 1. The second-order valence-corrected chi connectivity index (χ2v) is 8.20. The monoisotopic (exact) mass is 441 g/mol. The summed E-state index contributed by atoms with van der Waals surface area (Å²) >= 11 is 5.78. The molecule has 0 bridgehead atoms. The summed E-state index contributed by atoms with van der Waals surface area (Å²) in [4.78, 5) is 23.2. The Balaban J connectivity index is 2.49. The number of carbonyl (C=O) groups excluding carboxylic acids is 1. The number of anilines is 1. The largest absolute Gasteiger partial charge is 0.496 e. The number of nitro benzene ring substituents is 1. The van der Waals surface area contributed by atoms with Crippen LogP contribution in [0.2, 0.25) is 5.02 Å². The average Bonchev–Trinajstić information content (AvgIpc) is 2.69.